The summed E-state index contributed by atoms with van der Waals surface area (Å²) in [6, 6.07) is 3.19. The second-order valence-corrected chi connectivity index (χ2v) is 5.73. The molecule has 2 aromatic carbocycles. The molecule has 0 aliphatic rings. The van der Waals surface area contributed by atoms with Crippen molar-refractivity contribution in [3.05, 3.63) is 53.6 Å². The molecule has 4 nitrogen and oxygen atoms in total. The van der Waals surface area contributed by atoms with E-state index in [2.05, 4.69) is 0 Å². The van der Waals surface area contributed by atoms with Crippen LogP contribution in [0.3, 0.4) is 0 Å². The molecule has 0 heterocycles. The Morgan fingerprint density at radius 1 is 0.905 bits per heavy atom. The van der Waals surface area contributed by atoms with Crippen molar-refractivity contribution in [2.75, 3.05) is 10.5 Å². The maximum Gasteiger partial charge on any atom is 0.265 e. The number of rotatable bonds is 3. The first-order chi connectivity index (χ1) is 9.69. The molecule has 21 heavy (non-hydrogen) atoms. The van der Waals surface area contributed by atoms with E-state index in [1.165, 1.54) is 0 Å². The van der Waals surface area contributed by atoms with Crippen molar-refractivity contribution < 1.29 is 26.0 Å². The van der Waals surface area contributed by atoms with Gasteiger partial charge in [0.05, 0.1) is 5.69 Å². The monoisotopic (exact) mass is 320 g/mol. The largest absolute Gasteiger partial charge is 0.399 e. The number of halogens is 4. The fourth-order valence-electron chi connectivity index (χ4n) is 1.60. The number of hydrogen-bond donors (Lipinski definition) is 2. The van der Waals surface area contributed by atoms with E-state index in [0.29, 0.717) is 30.3 Å². The molecular formula is C12H8F4N2O2S. The smallest absolute Gasteiger partial charge is 0.265 e. The van der Waals surface area contributed by atoms with E-state index in [-0.39, 0.29) is 5.69 Å². The number of sulfonamides is 1. The lowest BCUT2D eigenvalue weighted by Crippen LogP contribution is -2.16. The summed E-state index contributed by atoms with van der Waals surface area (Å²) >= 11 is 0. The molecule has 0 aromatic heterocycles. The molecule has 0 atom stereocenters. The first-order valence-corrected chi connectivity index (χ1v) is 6.91. The maximum atomic E-state index is 13.5. The fraction of sp³-hybridized carbons (Fsp3) is 0. The van der Waals surface area contributed by atoms with Crippen LogP contribution < -0.4 is 10.5 Å². The van der Waals surface area contributed by atoms with Crippen molar-refractivity contribution in [2.24, 2.45) is 0 Å². The molecule has 0 radical (unpaired) electrons. The van der Waals surface area contributed by atoms with Crippen LogP contribution in [-0.2, 0) is 10.0 Å². The van der Waals surface area contributed by atoms with Gasteiger partial charge in [-0.3, -0.25) is 4.72 Å². The lowest BCUT2D eigenvalue weighted by Gasteiger charge is -2.10. The van der Waals surface area contributed by atoms with Gasteiger partial charge in [0.2, 0.25) is 0 Å². The summed E-state index contributed by atoms with van der Waals surface area (Å²) in [4.78, 5) is -1.07. The molecule has 0 bridgehead atoms. The second-order valence-electron chi connectivity index (χ2n) is 4.08. The van der Waals surface area contributed by atoms with Crippen LogP contribution in [0, 0.1) is 23.3 Å². The number of benzene rings is 2. The van der Waals surface area contributed by atoms with E-state index in [4.69, 9.17) is 5.73 Å². The van der Waals surface area contributed by atoms with Crippen LogP contribution in [0.2, 0.25) is 0 Å². The van der Waals surface area contributed by atoms with E-state index in [9.17, 15) is 26.0 Å². The van der Waals surface area contributed by atoms with E-state index in [1.54, 1.807) is 4.72 Å². The molecule has 3 N–H and O–H groups in total. The zero-order chi connectivity index (χ0) is 15.8. The normalized spacial score (nSPS) is 11.4. The Morgan fingerprint density at radius 3 is 2.05 bits per heavy atom. The van der Waals surface area contributed by atoms with Crippen LogP contribution in [0.5, 0.6) is 0 Å². The summed E-state index contributed by atoms with van der Waals surface area (Å²) in [5.74, 6) is -5.17. The van der Waals surface area contributed by atoms with Crippen LogP contribution >= 0.6 is 0 Å². The lowest BCUT2D eigenvalue weighted by atomic mass is 10.3. The highest BCUT2D eigenvalue weighted by Gasteiger charge is 2.23. The van der Waals surface area contributed by atoms with Crippen molar-refractivity contribution in [2.45, 2.75) is 4.90 Å². The summed E-state index contributed by atoms with van der Waals surface area (Å²) in [5.41, 5.74) is 4.45. The SMILES string of the molecule is Nc1cc(F)c(F)c(S(=O)(=O)Nc2cc(F)cc(F)c2)c1. The van der Waals surface area contributed by atoms with Crippen molar-refractivity contribution in [1.29, 1.82) is 0 Å². The predicted octanol–water partition coefficient (Wildman–Crippen LogP) is 2.63. The Labute approximate surface area is 117 Å². The van der Waals surface area contributed by atoms with Gasteiger partial charge in [0.15, 0.2) is 11.6 Å². The maximum absolute atomic E-state index is 13.5. The van der Waals surface area contributed by atoms with Crippen LogP contribution in [0.25, 0.3) is 0 Å². The van der Waals surface area contributed by atoms with Crippen LogP contribution in [0.1, 0.15) is 0 Å². The summed E-state index contributed by atoms with van der Waals surface area (Å²) in [7, 11) is -4.60. The lowest BCUT2D eigenvalue weighted by molar-refractivity contribution is 0.486. The molecule has 0 aliphatic heterocycles. The number of nitrogens with one attached hydrogen (secondary N) is 1. The van der Waals surface area contributed by atoms with E-state index < -0.39 is 43.9 Å². The molecule has 2 aromatic rings. The first-order valence-electron chi connectivity index (χ1n) is 5.42. The Hall–Kier alpha value is -2.29. The van der Waals surface area contributed by atoms with Gasteiger partial charge in [-0.15, -0.1) is 0 Å². The highest BCUT2D eigenvalue weighted by Crippen LogP contribution is 2.24. The fourth-order valence-corrected chi connectivity index (χ4v) is 2.76. The standard InChI is InChI=1S/C12H8F4N2O2S/c13-6-1-7(14)3-9(2-6)18-21(19,20)11-5-8(17)4-10(15)12(11)16/h1-5,18H,17H2. The molecule has 2 rings (SSSR count). The minimum atomic E-state index is -4.60. The molecule has 9 heteroatoms. The van der Waals surface area contributed by atoms with Crippen LogP contribution in [-0.4, -0.2) is 8.42 Å². The summed E-state index contributed by atoms with van der Waals surface area (Å²) < 4.78 is 78.3. The summed E-state index contributed by atoms with van der Waals surface area (Å²) in [5, 5.41) is 0. The summed E-state index contributed by atoms with van der Waals surface area (Å²) in [6.07, 6.45) is 0. The average molecular weight is 320 g/mol. The van der Waals surface area contributed by atoms with Crippen molar-refractivity contribution >= 4 is 21.4 Å². The molecule has 0 amide bonds. The highest BCUT2D eigenvalue weighted by atomic mass is 32.2. The Morgan fingerprint density at radius 2 is 1.48 bits per heavy atom. The zero-order valence-corrected chi connectivity index (χ0v) is 11.0. The van der Waals surface area contributed by atoms with Gasteiger partial charge >= 0.3 is 0 Å². The molecule has 112 valence electrons. The van der Waals surface area contributed by atoms with Crippen molar-refractivity contribution in [1.82, 2.24) is 0 Å². The second kappa shape index (κ2) is 5.24. The first kappa shape index (κ1) is 15.1. The van der Waals surface area contributed by atoms with E-state index >= 15 is 0 Å². The van der Waals surface area contributed by atoms with Gasteiger partial charge < -0.3 is 5.73 Å². The number of nitrogen functional groups attached to an aromatic ring is 1. The molecule has 0 saturated carbocycles. The third kappa shape index (κ3) is 3.24. The van der Waals surface area contributed by atoms with E-state index in [1.807, 2.05) is 0 Å². The third-order valence-electron chi connectivity index (χ3n) is 2.42. The molecule has 0 fully saturated rings. The third-order valence-corrected chi connectivity index (χ3v) is 3.80. The minimum absolute atomic E-state index is 0.320. The van der Waals surface area contributed by atoms with Gasteiger partial charge in [-0.1, -0.05) is 0 Å². The minimum Gasteiger partial charge on any atom is -0.399 e. The van der Waals surface area contributed by atoms with Gasteiger partial charge in [0.25, 0.3) is 10.0 Å². The Balaban J connectivity index is 2.48. The molecular weight excluding hydrogens is 312 g/mol. The van der Waals surface area contributed by atoms with Crippen molar-refractivity contribution in [3.8, 4) is 0 Å². The highest BCUT2D eigenvalue weighted by molar-refractivity contribution is 7.92. The topological polar surface area (TPSA) is 72.2 Å². The van der Waals surface area contributed by atoms with Gasteiger partial charge in [0, 0.05) is 11.8 Å². The van der Waals surface area contributed by atoms with Gasteiger partial charge in [-0.05, 0) is 24.3 Å². The van der Waals surface area contributed by atoms with Crippen molar-refractivity contribution in [3.63, 3.8) is 0 Å². The predicted molar refractivity (Wildman–Crippen MR) is 67.9 cm³/mol. The number of hydrogen-bond acceptors (Lipinski definition) is 3. The molecule has 0 spiro atoms. The van der Waals surface area contributed by atoms with Gasteiger partial charge in [-0.25, -0.2) is 26.0 Å². The number of nitrogens with two attached hydrogens (primary N) is 1. The quantitative estimate of drug-likeness (QED) is 0.674. The van der Waals surface area contributed by atoms with Gasteiger partial charge in [0.1, 0.15) is 16.5 Å². The summed E-state index contributed by atoms with van der Waals surface area (Å²) in [6.45, 7) is 0. The van der Waals surface area contributed by atoms with Crippen LogP contribution in [0.15, 0.2) is 35.2 Å². The molecule has 0 aliphatic carbocycles. The zero-order valence-electron chi connectivity index (χ0n) is 10.2. The Kier molecular flexibility index (Phi) is 3.77. The average Bonchev–Trinajstić information content (AvgIpc) is 2.31. The molecule has 0 saturated heterocycles. The molecule has 0 unspecified atom stereocenters. The van der Waals surface area contributed by atoms with Gasteiger partial charge in [-0.2, -0.15) is 0 Å². The van der Waals surface area contributed by atoms with E-state index in [0.717, 1.165) is 0 Å². The van der Waals surface area contributed by atoms with Crippen LogP contribution in [0.4, 0.5) is 28.9 Å². The number of anilines is 2. The Bertz CT molecular complexity index is 789.